The Balaban J connectivity index is 1.34. The highest BCUT2D eigenvalue weighted by atomic mass is 32.1. The summed E-state index contributed by atoms with van der Waals surface area (Å²) in [7, 11) is 0. The predicted octanol–water partition coefficient (Wildman–Crippen LogP) is 3.85. The lowest BCUT2D eigenvalue weighted by Gasteiger charge is -2.54. The van der Waals surface area contributed by atoms with Gasteiger partial charge in [-0.2, -0.15) is 0 Å². The summed E-state index contributed by atoms with van der Waals surface area (Å²) >= 11 is 5.66. The van der Waals surface area contributed by atoms with Gasteiger partial charge in [0.1, 0.15) is 0 Å². The van der Waals surface area contributed by atoms with Crippen molar-refractivity contribution in [3.05, 3.63) is 0 Å². The van der Waals surface area contributed by atoms with Gasteiger partial charge in [-0.25, -0.2) is 0 Å². The maximum atomic E-state index is 5.66. The third kappa shape index (κ3) is 2.83. The minimum atomic E-state index is 0.607. The summed E-state index contributed by atoms with van der Waals surface area (Å²) in [5, 5.41) is 8.35. The molecule has 4 bridgehead atoms. The van der Waals surface area contributed by atoms with Gasteiger partial charge >= 0.3 is 0 Å². The van der Waals surface area contributed by atoms with E-state index in [0.29, 0.717) is 12.1 Å². The van der Waals surface area contributed by atoms with Gasteiger partial charge in [0.25, 0.3) is 0 Å². The number of hydrogen-bond acceptors (Lipinski definition) is 1. The molecule has 118 valence electrons. The molecule has 0 aromatic heterocycles. The van der Waals surface area contributed by atoms with Gasteiger partial charge in [0.15, 0.2) is 5.11 Å². The molecule has 0 heterocycles. The van der Waals surface area contributed by atoms with Crippen molar-refractivity contribution in [1.82, 2.24) is 10.6 Å². The second kappa shape index (κ2) is 5.72. The number of nitrogens with one attached hydrogen (secondary N) is 2. The van der Waals surface area contributed by atoms with Crippen molar-refractivity contribution in [1.29, 1.82) is 0 Å². The Kier molecular flexibility index (Phi) is 3.89. The molecule has 5 saturated carbocycles. The van der Waals surface area contributed by atoms with E-state index in [-0.39, 0.29) is 0 Å². The molecule has 5 aliphatic carbocycles. The summed E-state index contributed by atoms with van der Waals surface area (Å²) in [6, 6.07) is 1.28. The third-order valence-electron chi connectivity index (χ3n) is 6.95. The maximum Gasteiger partial charge on any atom is 0.166 e. The monoisotopic (exact) mass is 306 g/mol. The van der Waals surface area contributed by atoms with Crippen LogP contribution in [0.2, 0.25) is 0 Å². The fourth-order valence-electron chi connectivity index (χ4n) is 6.05. The molecular weight excluding hydrogens is 276 g/mol. The van der Waals surface area contributed by atoms with Gasteiger partial charge in [-0.15, -0.1) is 0 Å². The molecular formula is C18H30N2S. The normalized spacial score (nSPS) is 48.1. The zero-order chi connectivity index (χ0) is 14.4. The highest BCUT2D eigenvalue weighted by Gasteiger charge is 2.48. The minimum Gasteiger partial charge on any atom is -0.360 e. The molecule has 2 nitrogen and oxygen atoms in total. The lowest BCUT2D eigenvalue weighted by Crippen LogP contribution is -2.58. The predicted molar refractivity (Wildman–Crippen MR) is 91.1 cm³/mol. The zero-order valence-electron chi connectivity index (χ0n) is 13.3. The smallest absolute Gasteiger partial charge is 0.166 e. The van der Waals surface area contributed by atoms with E-state index < -0.39 is 0 Å². The number of thiocarbonyl (C=S) groups is 1. The molecule has 5 aliphatic rings. The molecule has 0 radical (unpaired) electrons. The van der Waals surface area contributed by atoms with Crippen LogP contribution in [0, 0.1) is 29.6 Å². The van der Waals surface area contributed by atoms with Crippen LogP contribution in [0.1, 0.15) is 64.7 Å². The lowest BCUT2D eigenvalue weighted by atomic mass is 9.54. The Bertz CT molecular complexity index is 380. The maximum absolute atomic E-state index is 5.66. The number of hydrogen-bond donors (Lipinski definition) is 2. The molecule has 3 heteroatoms. The Hall–Kier alpha value is -0.310. The van der Waals surface area contributed by atoms with Crippen LogP contribution in [0.4, 0.5) is 0 Å². The van der Waals surface area contributed by atoms with E-state index in [1.807, 2.05) is 0 Å². The van der Waals surface area contributed by atoms with Crippen molar-refractivity contribution in [2.45, 2.75) is 76.8 Å². The summed E-state index contributed by atoms with van der Waals surface area (Å²) in [6.45, 7) is 2.38. The van der Waals surface area contributed by atoms with Gasteiger partial charge < -0.3 is 10.6 Å². The van der Waals surface area contributed by atoms with Crippen molar-refractivity contribution < 1.29 is 0 Å². The van der Waals surface area contributed by atoms with E-state index in [1.54, 1.807) is 0 Å². The van der Waals surface area contributed by atoms with Crippen LogP contribution in [0.5, 0.6) is 0 Å². The SMILES string of the molecule is C[C@@H]1CCCC[C@H]1NC(=S)NC1C2CC3CC(C2)CC1C3. The molecule has 5 rings (SSSR count). The first kappa shape index (κ1) is 14.3. The van der Waals surface area contributed by atoms with Gasteiger partial charge in [-0.05, 0) is 86.8 Å². The van der Waals surface area contributed by atoms with Crippen LogP contribution in [0.15, 0.2) is 0 Å². The fourth-order valence-corrected chi connectivity index (χ4v) is 6.34. The first-order chi connectivity index (χ1) is 10.2. The highest BCUT2D eigenvalue weighted by Crippen LogP contribution is 2.53. The van der Waals surface area contributed by atoms with Crippen LogP contribution in [0.25, 0.3) is 0 Å². The molecule has 2 atom stereocenters. The molecule has 0 unspecified atom stereocenters. The quantitative estimate of drug-likeness (QED) is 0.758. The number of rotatable bonds is 2. The Morgan fingerprint density at radius 2 is 1.48 bits per heavy atom. The first-order valence-electron chi connectivity index (χ1n) is 9.26. The van der Waals surface area contributed by atoms with E-state index in [0.717, 1.165) is 34.7 Å². The first-order valence-corrected chi connectivity index (χ1v) is 9.67. The molecule has 5 fully saturated rings. The summed E-state index contributed by atoms with van der Waals surface area (Å²) in [5.41, 5.74) is 0. The average molecular weight is 307 g/mol. The standard InChI is InChI=1S/C18H30N2S/c1-11-4-2-3-5-16(11)19-18(21)20-17-14-7-12-6-13(9-14)10-15(17)8-12/h11-17H,2-10H2,1H3,(H2,19,20,21)/t11-,12?,13?,14?,15?,16-,17?/m1/s1. The van der Waals surface area contributed by atoms with E-state index in [1.165, 1.54) is 57.8 Å². The largest absolute Gasteiger partial charge is 0.360 e. The summed E-state index contributed by atoms with van der Waals surface area (Å²) < 4.78 is 0. The van der Waals surface area contributed by atoms with Crippen molar-refractivity contribution in [3.63, 3.8) is 0 Å². The molecule has 0 aromatic rings. The Morgan fingerprint density at radius 1 is 0.857 bits per heavy atom. The average Bonchev–Trinajstić information content (AvgIpc) is 2.44. The minimum absolute atomic E-state index is 0.607. The molecule has 0 saturated heterocycles. The summed E-state index contributed by atoms with van der Waals surface area (Å²) in [5.74, 6) is 4.68. The Morgan fingerprint density at radius 3 is 2.10 bits per heavy atom. The molecule has 0 amide bonds. The Labute approximate surface area is 134 Å². The van der Waals surface area contributed by atoms with E-state index in [2.05, 4.69) is 17.6 Å². The van der Waals surface area contributed by atoms with Gasteiger partial charge in [0.05, 0.1) is 0 Å². The van der Waals surface area contributed by atoms with Crippen LogP contribution in [0.3, 0.4) is 0 Å². The highest BCUT2D eigenvalue weighted by molar-refractivity contribution is 7.80. The second-order valence-corrected chi connectivity index (χ2v) is 8.85. The third-order valence-corrected chi connectivity index (χ3v) is 7.19. The van der Waals surface area contributed by atoms with Crippen LogP contribution in [-0.4, -0.2) is 17.2 Å². The van der Waals surface area contributed by atoms with Crippen LogP contribution < -0.4 is 10.6 Å². The molecule has 0 spiro atoms. The lowest BCUT2D eigenvalue weighted by molar-refractivity contribution is -0.00705. The fraction of sp³-hybridized carbons (Fsp3) is 0.944. The van der Waals surface area contributed by atoms with Gasteiger partial charge in [-0.3, -0.25) is 0 Å². The van der Waals surface area contributed by atoms with Crippen molar-refractivity contribution in [2.24, 2.45) is 29.6 Å². The molecule has 21 heavy (non-hydrogen) atoms. The second-order valence-electron chi connectivity index (χ2n) is 8.44. The van der Waals surface area contributed by atoms with E-state index in [9.17, 15) is 0 Å². The summed E-state index contributed by atoms with van der Waals surface area (Å²) in [6.07, 6.45) is 12.8. The van der Waals surface area contributed by atoms with Gasteiger partial charge in [0, 0.05) is 12.1 Å². The summed E-state index contributed by atoms with van der Waals surface area (Å²) in [4.78, 5) is 0. The molecule has 2 N–H and O–H groups in total. The van der Waals surface area contributed by atoms with Crippen molar-refractivity contribution in [2.75, 3.05) is 0 Å². The zero-order valence-corrected chi connectivity index (χ0v) is 14.1. The van der Waals surface area contributed by atoms with Gasteiger partial charge in [0.2, 0.25) is 0 Å². The van der Waals surface area contributed by atoms with Gasteiger partial charge in [-0.1, -0.05) is 19.8 Å². The van der Waals surface area contributed by atoms with Crippen LogP contribution >= 0.6 is 12.2 Å². The van der Waals surface area contributed by atoms with E-state index in [4.69, 9.17) is 12.2 Å². The van der Waals surface area contributed by atoms with Crippen molar-refractivity contribution >= 4 is 17.3 Å². The van der Waals surface area contributed by atoms with E-state index >= 15 is 0 Å². The van der Waals surface area contributed by atoms with Crippen LogP contribution in [-0.2, 0) is 0 Å². The molecule has 0 aromatic carbocycles. The topological polar surface area (TPSA) is 24.1 Å². The van der Waals surface area contributed by atoms with Crippen molar-refractivity contribution in [3.8, 4) is 0 Å². The molecule has 0 aliphatic heterocycles.